The number of amides is 1. The fraction of sp³-hybridized carbons (Fsp3) is 0.222. The Balaban J connectivity index is 1.49. The first-order valence-corrected chi connectivity index (χ1v) is 9.33. The van der Waals surface area contributed by atoms with Crippen molar-refractivity contribution in [2.24, 2.45) is 0 Å². The number of rotatable bonds is 7. The van der Waals surface area contributed by atoms with Crippen LogP contribution < -0.4 is 5.32 Å². The van der Waals surface area contributed by atoms with Crippen molar-refractivity contribution >= 4 is 33.4 Å². The van der Waals surface area contributed by atoms with Gasteiger partial charge in [-0.15, -0.1) is 5.10 Å². The molecule has 0 aliphatic heterocycles. The summed E-state index contributed by atoms with van der Waals surface area (Å²) < 4.78 is 2.54. The van der Waals surface area contributed by atoms with Crippen LogP contribution in [0.15, 0.2) is 53.0 Å². The van der Waals surface area contributed by atoms with Crippen LogP contribution in [-0.4, -0.2) is 26.1 Å². The van der Waals surface area contributed by atoms with Gasteiger partial charge in [-0.05, 0) is 59.2 Å². The molecule has 1 N–H and O–H groups in total. The van der Waals surface area contributed by atoms with Gasteiger partial charge in [-0.1, -0.05) is 45.7 Å². The van der Waals surface area contributed by atoms with E-state index in [1.165, 1.54) is 5.56 Å². The highest BCUT2D eigenvalue weighted by atomic mass is 79.9. The van der Waals surface area contributed by atoms with Gasteiger partial charge in [0, 0.05) is 15.9 Å². The quantitative estimate of drug-likeness (QED) is 0.615. The predicted octanol–water partition coefficient (Wildman–Crippen LogP) is 3.72. The fourth-order valence-electron chi connectivity index (χ4n) is 2.49. The molecule has 8 heteroatoms. The molecule has 134 valence electrons. The Hall–Kier alpha value is -2.25. The summed E-state index contributed by atoms with van der Waals surface area (Å²) in [5.41, 5.74) is 2.00. The zero-order valence-electron chi connectivity index (χ0n) is 13.9. The van der Waals surface area contributed by atoms with E-state index in [9.17, 15) is 4.79 Å². The maximum absolute atomic E-state index is 12.1. The Bertz CT molecular complexity index is 881. The molecule has 3 rings (SSSR count). The molecule has 1 aromatic heterocycles. The van der Waals surface area contributed by atoms with Crippen LogP contribution in [0.5, 0.6) is 0 Å². The average Bonchev–Trinajstić information content (AvgIpc) is 3.10. The lowest BCUT2D eigenvalue weighted by Gasteiger charge is -2.07. The van der Waals surface area contributed by atoms with E-state index in [1.54, 1.807) is 4.68 Å². The third kappa shape index (κ3) is 5.12. The number of tetrazole rings is 1. The molecule has 0 radical (unpaired) electrons. The second-order valence-corrected chi connectivity index (χ2v) is 7.10. The van der Waals surface area contributed by atoms with Gasteiger partial charge in [0.05, 0.1) is 12.2 Å². The molecule has 2 aromatic carbocycles. The van der Waals surface area contributed by atoms with Crippen molar-refractivity contribution in [1.29, 1.82) is 0 Å². The third-order valence-electron chi connectivity index (χ3n) is 3.81. The van der Waals surface area contributed by atoms with Gasteiger partial charge in [-0.25, -0.2) is 0 Å². The number of halogens is 2. The molecule has 1 heterocycles. The minimum Gasteiger partial charge on any atom is -0.349 e. The highest BCUT2D eigenvalue weighted by Gasteiger charge is 2.10. The lowest BCUT2D eigenvalue weighted by molar-refractivity contribution is -0.121. The van der Waals surface area contributed by atoms with Crippen molar-refractivity contribution in [3.63, 3.8) is 0 Å². The first kappa shape index (κ1) is 18.5. The van der Waals surface area contributed by atoms with Crippen molar-refractivity contribution in [3.8, 4) is 5.69 Å². The Morgan fingerprint density at radius 1 is 1.19 bits per heavy atom. The number of nitrogens with zero attached hydrogens (tertiary/aromatic N) is 4. The van der Waals surface area contributed by atoms with Crippen molar-refractivity contribution in [2.75, 3.05) is 0 Å². The Morgan fingerprint density at radius 2 is 2.00 bits per heavy atom. The number of benzene rings is 2. The molecule has 0 atom stereocenters. The minimum atomic E-state index is -0.0252. The molecule has 0 aliphatic carbocycles. The van der Waals surface area contributed by atoms with Crippen LogP contribution in [0.1, 0.15) is 24.2 Å². The maximum atomic E-state index is 12.1. The minimum absolute atomic E-state index is 0.0252. The molecule has 1 amide bonds. The van der Waals surface area contributed by atoms with Crippen LogP contribution in [0.25, 0.3) is 5.69 Å². The summed E-state index contributed by atoms with van der Waals surface area (Å²) in [6, 6.07) is 15.3. The molecule has 3 aromatic rings. The van der Waals surface area contributed by atoms with E-state index in [1.807, 2.05) is 48.5 Å². The number of carbonyl (C=O) groups is 1. The van der Waals surface area contributed by atoms with Crippen molar-refractivity contribution in [3.05, 3.63) is 69.4 Å². The zero-order chi connectivity index (χ0) is 18.4. The molecule has 0 unspecified atom stereocenters. The maximum Gasteiger partial charge on any atom is 0.220 e. The van der Waals surface area contributed by atoms with Crippen LogP contribution >= 0.6 is 27.5 Å². The normalized spacial score (nSPS) is 10.7. The molecule has 26 heavy (non-hydrogen) atoms. The highest BCUT2D eigenvalue weighted by Crippen LogP contribution is 2.15. The standard InChI is InChI=1S/C18H17BrClN5O/c19-14-4-2-5-16(11-14)25-17(22-23-24-25)12-21-18(26)6-1-3-13-7-9-15(20)10-8-13/h2,4-5,7-11H,1,3,6,12H2,(H,21,26). The van der Waals surface area contributed by atoms with Gasteiger partial charge in [0.25, 0.3) is 0 Å². The summed E-state index contributed by atoms with van der Waals surface area (Å²) in [5.74, 6) is 0.553. The average molecular weight is 435 g/mol. The van der Waals surface area contributed by atoms with Crippen LogP contribution in [-0.2, 0) is 17.8 Å². The predicted molar refractivity (Wildman–Crippen MR) is 103 cm³/mol. The smallest absolute Gasteiger partial charge is 0.220 e. The number of nitrogens with one attached hydrogen (secondary N) is 1. The largest absolute Gasteiger partial charge is 0.349 e. The zero-order valence-corrected chi connectivity index (χ0v) is 16.2. The number of hydrogen-bond acceptors (Lipinski definition) is 4. The van der Waals surface area contributed by atoms with Crippen molar-refractivity contribution in [1.82, 2.24) is 25.5 Å². The topological polar surface area (TPSA) is 72.7 Å². The van der Waals surface area contributed by atoms with Crippen molar-refractivity contribution in [2.45, 2.75) is 25.8 Å². The van der Waals surface area contributed by atoms with E-state index in [-0.39, 0.29) is 12.5 Å². The Morgan fingerprint density at radius 3 is 2.77 bits per heavy atom. The lowest BCUT2D eigenvalue weighted by atomic mass is 10.1. The van der Waals surface area contributed by atoms with Crippen LogP contribution in [0.3, 0.4) is 0 Å². The summed E-state index contributed by atoms with van der Waals surface area (Å²) in [6.07, 6.45) is 2.05. The Labute approximate surface area is 164 Å². The molecule has 0 bridgehead atoms. The lowest BCUT2D eigenvalue weighted by Crippen LogP contribution is -2.24. The Kier molecular flexibility index (Phi) is 6.35. The summed E-state index contributed by atoms with van der Waals surface area (Å²) in [7, 11) is 0. The number of aromatic nitrogens is 4. The first-order chi connectivity index (χ1) is 12.6. The molecule has 0 saturated carbocycles. The second-order valence-electron chi connectivity index (χ2n) is 5.74. The highest BCUT2D eigenvalue weighted by molar-refractivity contribution is 9.10. The van der Waals surface area contributed by atoms with E-state index in [4.69, 9.17) is 11.6 Å². The molecular formula is C18H17BrClN5O. The van der Waals surface area contributed by atoms with E-state index in [0.29, 0.717) is 12.2 Å². The van der Waals surface area contributed by atoms with Crippen LogP contribution in [0.2, 0.25) is 5.02 Å². The summed E-state index contributed by atoms with van der Waals surface area (Å²) in [5, 5.41) is 15.3. The molecule has 0 saturated heterocycles. The number of carbonyl (C=O) groups excluding carboxylic acids is 1. The van der Waals surface area contributed by atoms with E-state index in [0.717, 1.165) is 28.0 Å². The summed E-state index contributed by atoms with van der Waals surface area (Å²) in [6.45, 7) is 0.277. The van der Waals surface area contributed by atoms with Gasteiger partial charge < -0.3 is 5.32 Å². The molecular weight excluding hydrogens is 418 g/mol. The van der Waals surface area contributed by atoms with Gasteiger partial charge >= 0.3 is 0 Å². The molecule has 0 aliphatic rings. The van der Waals surface area contributed by atoms with E-state index >= 15 is 0 Å². The van der Waals surface area contributed by atoms with Gasteiger partial charge in [0.2, 0.25) is 5.91 Å². The van der Waals surface area contributed by atoms with Gasteiger partial charge in [-0.2, -0.15) is 4.68 Å². The van der Waals surface area contributed by atoms with Crippen molar-refractivity contribution < 1.29 is 4.79 Å². The molecule has 6 nitrogen and oxygen atoms in total. The van der Waals surface area contributed by atoms with E-state index < -0.39 is 0 Å². The monoisotopic (exact) mass is 433 g/mol. The number of hydrogen-bond donors (Lipinski definition) is 1. The molecule has 0 fully saturated rings. The summed E-state index contributed by atoms with van der Waals surface area (Å²) in [4.78, 5) is 12.1. The fourth-order valence-corrected chi connectivity index (χ4v) is 3.01. The van der Waals surface area contributed by atoms with Gasteiger partial charge in [-0.3, -0.25) is 4.79 Å². The number of aryl methyl sites for hydroxylation is 1. The third-order valence-corrected chi connectivity index (χ3v) is 4.56. The van der Waals surface area contributed by atoms with Crippen LogP contribution in [0, 0.1) is 0 Å². The van der Waals surface area contributed by atoms with Crippen LogP contribution in [0.4, 0.5) is 0 Å². The summed E-state index contributed by atoms with van der Waals surface area (Å²) >= 11 is 9.29. The van der Waals surface area contributed by atoms with E-state index in [2.05, 4.69) is 36.8 Å². The van der Waals surface area contributed by atoms with Gasteiger partial charge in [0.15, 0.2) is 5.82 Å². The van der Waals surface area contributed by atoms with Gasteiger partial charge in [0.1, 0.15) is 0 Å². The second kappa shape index (κ2) is 8.91. The first-order valence-electron chi connectivity index (χ1n) is 8.16. The SMILES string of the molecule is O=C(CCCc1ccc(Cl)cc1)NCc1nnnn1-c1cccc(Br)c1. The molecule has 0 spiro atoms.